The molecule has 0 unspecified atom stereocenters. The fourth-order valence-electron chi connectivity index (χ4n) is 2.25. The van der Waals surface area contributed by atoms with E-state index in [4.69, 9.17) is 4.74 Å². The molecule has 0 fully saturated rings. The van der Waals surface area contributed by atoms with Crippen LogP contribution in [-0.4, -0.2) is 38.8 Å². The maximum absolute atomic E-state index is 13.1. The number of nitrogens with one attached hydrogen (secondary N) is 2. The monoisotopic (exact) mass is 323 g/mol. The fraction of sp³-hybridized carbons (Fsp3) is 0.611. The van der Waals surface area contributed by atoms with Gasteiger partial charge < -0.3 is 15.4 Å². The lowest BCUT2D eigenvalue weighted by Gasteiger charge is -2.12. The second-order valence-corrected chi connectivity index (χ2v) is 5.41. The molecule has 0 amide bonds. The molecule has 0 aliphatic heterocycles. The summed E-state index contributed by atoms with van der Waals surface area (Å²) in [4.78, 5) is 4.56. The van der Waals surface area contributed by atoms with Crippen LogP contribution >= 0.6 is 0 Å². The van der Waals surface area contributed by atoms with E-state index in [0.717, 1.165) is 69.2 Å². The normalized spacial score (nSPS) is 11.6. The van der Waals surface area contributed by atoms with Gasteiger partial charge in [0.15, 0.2) is 5.96 Å². The number of nitrogens with zero attached hydrogens (tertiary/aromatic N) is 1. The van der Waals surface area contributed by atoms with Crippen molar-refractivity contribution in [2.45, 2.75) is 40.0 Å². The zero-order valence-corrected chi connectivity index (χ0v) is 14.6. The van der Waals surface area contributed by atoms with Crippen molar-refractivity contribution in [3.63, 3.8) is 0 Å². The van der Waals surface area contributed by atoms with Crippen molar-refractivity contribution >= 4 is 5.96 Å². The number of hydrogen-bond donors (Lipinski definition) is 2. The van der Waals surface area contributed by atoms with Gasteiger partial charge in [-0.15, -0.1) is 0 Å². The van der Waals surface area contributed by atoms with Crippen molar-refractivity contribution < 1.29 is 9.13 Å². The van der Waals surface area contributed by atoms with E-state index in [9.17, 15) is 4.39 Å². The number of benzene rings is 1. The molecule has 0 heterocycles. The van der Waals surface area contributed by atoms with Crippen molar-refractivity contribution in [2.75, 3.05) is 32.8 Å². The summed E-state index contributed by atoms with van der Waals surface area (Å²) in [5.41, 5.74) is 2.15. The van der Waals surface area contributed by atoms with Gasteiger partial charge in [0.2, 0.25) is 0 Å². The van der Waals surface area contributed by atoms with Gasteiger partial charge in [0, 0.05) is 32.8 Å². The first-order chi connectivity index (χ1) is 11.2. The highest BCUT2D eigenvalue weighted by atomic mass is 19.1. The Morgan fingerprint density at radius 1 is 1.22 bits per heavy atom. The number of guanidine groups is 1. The van der Waals surface area contributed by atoms with E-state index < -0.39 is 0 Å². The first-order valence-corrected chi connectivity index (χ1v) is 8.52. The largest absolute Gasteiger partial charge is 0.382 e. The van der Waals surface area contributed by atoms with Crippen LogP contribution in [0, 0.1) is 12.7 Å². The van der Waals surface area contributed by atoms with Crippen LogP contribution in [0.4, 0.5) is 4.39 Å². The lowest BCUT2D eigenvalue weighted by Crippen LogP contribution is -2.38. The van der Waals surface area contributed by atoms with Gasteiger partial charge in [0.05, 0.1) is 0 Å². The molecule has 0 bridgehead atoms. The summed E-state index contributed by atoms with van der Waals surface area (Å²) < 4.78 is 18.4. The maximum Gasteiger partial charge on any atom is 0.191 e. The Morgan fingerprint density at radius 2 is 2.04 bits per heavy atom. The second-order valence-electron chi connectivity index (χ2n) is 5.41. The lowest BCUT2D eigenvalue weighted by atomic mass is 10.1. The van der Waals surface area contributed by atoms with Crippen LogP contribution in [0.2, 0.25) is 0 Å². The van der Waals surface area contributed by atoms with Gasteiger partial charge in [0.1, 0.15) is 5.82 Å². The minimum atomic E-state index is -0.179. The third kappa shape index (κ3) is 8.55. The molecule has 1 aromatic carbocycles. The number of aliphatic imine (C=N–C) groups is 1. The molecular formula is C18H30FN3O. The third-order valence-electron chi connectivity index (χ3n) is 3.51. The predicted molar refractivity (Wildman–Crippen MR) is 94.5 cm³/mol. The first kappa shape index (κ1) is 19.4. The number of unbranched alkanes of at least 4 members (excludes halogenated alkanes) is 1. The molecule has 0 aliphatic carbocycles. The Hall–Kier alpha value is -1.62. The van der Waals surface area contributed by atoms with E-state index in [2.05, 4.69) is 22.5 Å². The summed E-state index contributed by atoms with van der Waals surface area (Å²) in [6.07, 6.45) is 2.90. The molecule has 4 nitrogen and oxygen atoms in total. The molecule has 0 aromatic heterocycles. The molecule has 0 radical (unpaired) electrons. The Balaban J connectivity index is 2.34. The quantitative estimate of drug-likeness (QED) is 0.395. The third-order valence-corrected chi connectivity index (χ3v) is 3.51. The molecular weight excluding hydrogens is 293 g/mol. The number of halogens is 1. The van der Waals surface area contributed by atoms with Crippen LogP contribution in [-0.2, 0) is 11.2 Å². The van der Waals surface area contributed by atoms with Gasteiger partial charge in [-0.3, -0.25) is 4.99 Å². The SMILES string of the molecule is CCNC(=NCCCCOCC)NCCc1ccc(F)cc1C. The molecule has 1 aromatic rings. The Kier molecular flexibility index (Phi) is 10.0. The summed E-state index contributed by atoms with van der Waals surface area (Å²) in [5, 5.41) is 6.57. The van der Waals surface area contributed by atoms with Crippen LogP contribution < -0.4 is 10.6 Å². The summed E-state index contributed by atoms with van der Waals surface area (Å²) >= 11 is 0. The Bertz CT molecular complexity index is 477. The maximum atomic E-state index is 13.1. The lowest BCUT2D eigenvalue weighted by molar-refractivity contribution is 0.144. The summed E-state index contributed by atoms with van der Waals surface area (Å²) in [7, 11) is 0. The smallest absolute Gasteiger partial charge is 0.191 e. The molecule has 0 saturated carbocycles. The fourth-order valence-corrected chi connectivity index (χ4v) is 2.25. The molecule has 0 saturated heterocycles. The van der Waals surface area contributed by atoms with E-state index >= 15 is 0 Å². The van der Waals surface area contributed by atoms with Crippen molar-refractivity contribution in [1.82, 2.24) is 10.6 Å². The van der Waals surface area contributed by atoms with E-state index in [1.807, 2.05) is 19.9 Å². The van der Waals surface area contributed by atoms with Crippen molar-refractivity contribution in [2.24, 2.45) is 4.99 Å². The van der Waals surface area contributed by atoms with E-state index in [0.29, 0.717) is 0 Å². The van der Waals surface area contributed by atoms with Gasteiger partial charge in [0.25, 0.3) is 0 Å². The van der Waals surface area contributed by atoms with Gasteiger partial charge in [-0.2, -0.15) is 0 Å². The number of rotatable bonds is 10. The Labute approximate surface area is 139 Å². The van der Waals surface area contributed by atoms with Crippen molar-refractivity contribution in [3.05, 3.63) is 35.1 Å². The van der Waals surface area contributed by atoms with Gasteiger partial charge in [-0.1, -0.05) is 6.07 Å². The minimum absolute atomic E-state index is 0.179. The van der Waals surface area contributed by atoms with Gasteiger partial charge in [-0.05, 0) is 63.3 Å². The van der Waals surface area contributed by atoms with E-state index in [1.165, 1.54) is 6.07 Å². The molecule has 130 valence electrons. The van der Waals surface area contributed by atoms with Crippen molar-refractivity contribution in [3.8, 4) is 0 Å². The molecule has 23 heavy (non-hydrogen) atoms. The number of hydrogen-bond acceptors (Lipinski definition) is 2. The zero-order chi connectivity index (χ0) is 16.9. The van der Waals surface area contributed by atoms with Crippen LogP contribution in [0.15, 0.2) is 23.2 Å². The van der Waals surface area contributed by atoms with Gasteiger partial charge in [-0.25, -0.2) is 4.39 Å². The topological polar surface area (TPSA) is 45.7 Å². The van der Waals surface area contributed by atoms with Crippen molar-refractivity contribution in [1.29, 1.82) is 0 Å². The van der Waals surface area contributed by atoms with Crippen LogP contribution in [0.5, 0.6) is 0 Å². The highest BCUT2D eigenvalue weighted by molar-refractivity contribution is 5.79. The second kappa shape index (κ2) is 11.9. The minimum Gasteiger partial charge on any atom is -0.382 e. The summed E-state index contributed by atoms with van der Waals surface area (Å²) in [6, 6.07) is 4.94. The Morgan fingerprint density at radius 3 is 2.74 bits per heavy atom. The average Bonchev–Trinajstić information content (AvgIpc) is 2.52. The molecule has 2 N–H and O–H groups in total. The molecule has 0 spiro atoms. The molecule has 0 aliphatic rings. The number of aryl methyl sites for hydroxylation is 1. The first-order valence-electron chi connectivity index (χ1n) is 8.52. The standard InChI is InChI=1S/C18H30FN3O/c1-4-20-18(21-11-6-7-13-23-5-2)22-12-10-16-8-9-17(19)14-15(16)3/h8-9,14H,4-7,10-13H2,1-3H3,(H2,20,21,22). The average molecular weight is 323 g/mol. The predicted octanol–water partition coefficient (Wildman–Crippen LogP) is 3.05. The summed E-state index contributed by atoms with van der Waals surface area (Å²) in [5.74, 6) is 0.657. The molecule has 0 atom stereocenters. The summed E-state index contributed by atoms with van der Waals surface area (Å²) in [6.45, 7) is 9.98. The van der Waals surface area contributed by atoms with E-state index in [-0.39, 0.29) is 5.82 Å². The van der Waals surface area contributed by atoms with Crippen LogP contribution in [0.25, 0.3) is 0 Å². The van der Waals surface area contributed by atoms with Crippen LogP contribution in [0.3, 0.4) is 0 Å². The molecule has 5 heteroatoms. The van der Waals surface area contributed by atoms with Gasteiger partial charge >= 0.3 is 0 Å². The zero-order valence-electron chi connectivity index (χ0n) is 14.6. The number of ether oxygens (including phenoxy) is 1. The highest BCUT2D eigenvalue weighted by Gasteiger charge is 2.01. The molecule has 1 rings (SSSR count). The van der Waals surface area contributed by atoms with E-state index in [1.54, 1.807) is 6.07 Å². The highest BCUT2D eigenvalue weighted by Crippen LogP contribution is 2.10. The van der Waals surface area contributed by atoms with Crippen LogP contribution in [0.1, 0.15) is 37.8 Å².